The maximum absolute atomic E-state index is 5.54. The molecule has 0 saturated carbocycles. The Morgan fingerprint density at radius 2 is 1.96 bits per heavy atom. The first-order valence-electron chi connectivity index (χ1n) is 9.29. The highest BCUT2D eigenvalue weighted by Crippen LogP contribution is 2.28. The molecule has 1 N–H and O–H groups in total. The van der Waals surface area contributed by atoms with Crippen LogP contribution < -0.4 is 15.1 Å². The number of pyridine rings is 1. The molecule has 2 aliphatic heterocycles. The number of hydrogen-bond donors (Lipinski definition) is 1. The molecule has 2 aromatic heterocycles. The fourth-order valence-corrected chi connectivity index (χ4v) is 3.70. The zero-order chi connectivity index (χ0) is 17.9. The quantitative estimate of drug-likeness (QED) is 0.901. The van der Waals surface area contributed by atoms with Crippen molar-refractivity contribution in [3.05, 3.63) is 35.8 Å². The van der Waals surface area contributed by atoms with Gasteiger partial charge < -0.3 is 19.9 Å². The van der Waals surface area contributed by atoms with Gasteiger partial charge in [-0.05, 0) is 25.0 Å². The molecule has 0 spiro atoms. The van der Waals surface area contributed by atoms with Gasteiger partial charge in [0.05, 0.1) is 12.3 Å². The standard InChI is InChI=1S/C19H26N6O/c1-14-12-21-5-3-17(14)24-6-8-25(9-7-24)18-11-16(15-4-10-26-13-15)22-19(20-2)23-18/h3,5,11-12,15H,4,6-10,13H2,1-2H3,(H,20,22,23)/t15-/m1/s1. The lowest BCUT2D eigenvalue weighted by Crippen LogP contribution is -2.47. The molecule has 0 unspecified atom stereocenters. The van der Waals surface area contributed by atoms with Crippen LogP contribution in [0.2, 0.25) is 0 Å². The molecule has 2 saturated heterocycles. The molecule has 0 aliphatic carbocycles. The summed E-state index contributed by atoms with van der Waals surface area (Å²) in [7, 11) is 1.87. The zero-order valence-electron chi connectivity index (χ0n) is 15.5. The lowest BCUT2D eigenvalue weighted by molar-refractivity contribution is 0.193. The van der Waals surface area contributed by atoms with Crippen LogP contribution >= 0.6 is 0 Å². The molecule has 138 valence electrons. The molecule has 2 aromatic rings. The van der Waals surface area contributed by atoms with Crippen LogP contribution in [0, 0.1) is 6.92 Å². The molecule has 2 aliphatic rings. The van der Waals surface area contributed by atoms with Gasteiger partial charge in [0.1, 0.15) is 5.82 Å². The van der Waals surface area contributed by atoms with Crippen molar-refractivity contribution in [3.8, 4) is 0 Å². The van der Waals surface area contributed by atoms with Crippen molar-refractivity contribution in [2.75, 3.05) is 61.6 Å². The van der Waals surface area contributed by atoms with Crippen LogP contribution in [-0.4, -0.2) is 61.4 Å². The highest BCUT2D eigenvalue weighted by Gasteiger charge is 2.24. The van der Waals surface area contributed by atoms with Gasteiger partial charge in [-0.2, -0.15) is 4.98 Å². The molecule has 0 aromatic carbocycles. The molecule has 4 rings (SSSR count). The van der Waals surface area contributed by atoms with Gasteiger partial charge in [-0.25, -0.2) is 4.98 Å². The van der Waals surface area contributed by atoms with Crippen molar-refractivity contribution in [1.82, 2.24) is 15.0 Å². The molecule has 1 atom stereocenters. The maximum Gasteiger partial charge on any atom is 0.224 e. The number of nitrogens with zero attached hydrogens (tertiary/aromatic N) is 5. The van der Waals surface area contributed by atoms with Gasteiger partial charge in [0.2, 0.25) is 5.95 Å². The Balaban J connectivity index is 1.50. The van der Waals surface area contributed by atoms with E-state index in [9.17, 15) is 0 Å². The second kappa shape index (κ2) is 7.45. The van der Waals surface area contributed by atoms with Gasteiger partial charge >= 0.3 is 0 Å². The third-order valence-corrected chi connectivity index (χ3v) is 5.24. The molecule has 0 bridgehead atoms. The highest BCUT2D eigenvalue weighted by molar-refractivity contribution is 5.54. The molecule has 7 heteroatoms. The summed E-state index contributed by atoms with van der Waals surface area (Å²) in [6.45, 7) is 7.55. The summed E-state index contributed by atoms with van der Waals surface area (Å²) in [4.78, 5) is 18.3. The Morgan fingerprint density at radius 1 is 1.15 bits per heavy atom. The smallest absolute Gasteiger partial charge is 0.224 e. The highest BCUT2D eigenvalue weighted by atomic mass is 16.5. The lowest BCUT2D eigenvalue weighted by Gasteiger charge is -2.37. The molecule has 7 nitrogen and oxygen atoms in total. The van der Waals surface area contributed by atoms with E-state index in [0.29, 0.717) is 11.9 Å². The van der Waals surface area contributed by atoms with E-state index < -0.39 is 0 Å². The summed E-state index contributed by atoms with van der Waals surface area (Å²) in [5.41, 5.74) is 3.59. The van der Waals surface area contributed by atoms with Crippen LogP contribution in [0.3, 0.4) is 0 Å². The predicted molar refractivity (Wildman–Crippen MR) is 103 cm³/mol. The van der Waals surface area contributed by atoms with Crippen LogP contribution in [0.25, 0.3) is 0 Å². The van der Waals surface area contributed by atoms with Gasteiger partial charge in [-0.1, -0.05) is 0 Å². The monoisotopic (exact) mass is 354 g/mol. The van der Waals surface area contributed by atoms with Crippen molar-refractivity contribution in [3.63, 3.8) is 0 Å². The maximum atomic E-state index is 5.54. The number of piperazine rings is 1. The lowest BCUT2D eigenvalue weighted by atomic mass is 10.0. The number of nitrogens with one attached hydrogen (secondary N) is 1. The SMILES string of the molecule is CNc1nc([C@@H]2CCOC2)cc(N2CCN(c3ccncc3C)CC2)n1. The molecular formula is C19H26N6O. The van der Waals surface area contributed by atoms with Crippen molar-refractivity contribution >= 4 is 17.5 Å². The third-order valence-electron chi connectivity index (χ3n) is 5.24. The Morgan fingerprint density at radius 3 is 2.65 bits per heavy atom. The van der Waals surface area contributed by atoms with E-state index in [1.165, 1.54) is 11.3 Å². The second-order valence-electron chi connectivity index (χ2n) is 6.92. The molecule has 0 amide bonds. The summed E-state index contributed by atoms with van der Waals surface area (Å²) in [5.74, 6) is 2.08. The number of aryl methyl sites for hydroxylation is 1. The summed E-state index contributed by atoms with van der Waals surface area (Å²) < 4.78 is 5.54. The minimum absolute atomic E-state index is 0.379. The van der Waals surface area contributed by atoms with E-state index in [-0.39, 0.29) is 0 Å². The number of rotatable bonds is 4. The molecule has 0 radical (unpaired) electrons. The van der Waals surface area contributed by atoms with Crippen LogP contribution in [0.1, 0.15) is 23.6 Å². The normalized spacial score (nSPS) is 20.5. The van der Waals surface area contributed by atoms with E-state index in [0.717, 1.165) is 57.3 Å². The summed E-state index contributed by atoms with van der Waals surface area (Å²) in [6, 6.07) is 4.25. The van der Waals surface area contributed by atoms with Crippen molar-refractivity contribution in [1.29, 1.82) is 0 Å². The fraction of sp³-hybridized carbons (Fsp3) is 0.526. The fourth-order valence-electron chi connectivity index (χ4n) is 3.70. The Kier molecular flexibility index (Phi) is 4.88. The zero-order valence-corrected chi connectivity index (χ0v) is 15.5. The number of hydrogen-bond acceptors (Lipinski definition) is 7. The topological polar surface area (TPSA) is 66.4 Å². The third kappa shape index (κ3) is 3.44. The average Bonchev–Trinajstić information content (AvgIpc) is 3.23. The van der Waals surface area contributed by atoms with Crippen LogP contribution in [0.4, 0.5) is 17.5 Å². The second-order valence-corrected chi connectivity index (χ2v) is 6.92. The Hall–Kier alpha value is -2.41. The van der Waals surface area contributed by atoms with E-state index in [1.807, 2.05) is 19.4 Å². The average molecular weight is 354 g/mol. The number of anilines is 3. The van der Waals surface area contributed by atoms with Crippen molar-refractivity contribution in [2.24, 2.45) is 0 Å². The number of aromatic nitrogens is 3. The summed E-state index contributed by atoms with van der Waals surface area (Å²) in [6.07, 6.45) is 4.84. The summed E-state index contributed by atoms with van der Waals surface area (Å²) >= 11 is 0. The van der Waals surface area contributed by atoms with Gasteiger partial charge in [0, 0.05) is 69.9 Å². The summed E-state index contributed by atoms with van der Waals surface area (Å²) in [5, 5.41) is 3.11. The van der Waals surface area contributed by atoms with Crippen LogP contribution in [-0.2, 0) is 4.74 Å². The molecule has 4 heterocycles. The van der Waals surface area contributed by atoms with Crippen LogP contribution in [0.15, 0.2) is 24.5 Å². The first-order valence-corrected chi connectivity index (χ1v) is 9.29. The van der Waals surface area contributed by atoms with Crippen molar-refractivity contribution < 1.29 is 4.74 Å². The predicted octanol–water partition coefficient (Wildman–Crippen LogP) is 2.05. The van der Waals surface area contributed by atoms with Gasteiger partial charge in [0.25, 0.3) is 0 Å². The first kappa shape index (κ1) is 17.0. The minimum atomic E-state index is 0.379. The minimum Gasteiger partial charge on any atom is -0.381 e. The number of ether oxygens (including phenoxy) is 1. The molecule has 2 fully saturated rings. The largest absolute Gasteiger partial charge is 0.381 e. The van der Waals surface area contributed by atoms with E-state index in [4.69, 9.17) is 9.72 Å². The first-order chi connectivity index (χ1) is 12.7. The van der Waals surface area contributed by atoms with E-state index >= 15 is 0 Å². The van der Waals surface area contributed by atoms with Gasteiger partial charge in [0.15, 0.2) is 0 Å². The van der Waals surface area contributed by atoms with Crippen LogP contribution in [0.5, 0.6) is 0 Å². The van der Waals surface area contributed by atoms with Gasteiger partial charge in [-0.15, -0.1) is 0 Å². The van der Waals surface area contributed by atoms with E-state index in [2.05, 4.69) is 44.1 Å². The molecule has 26 heavy (non-hydrogen) atoms. The molecular weight excluding hydrogens is 328 g/mol. The van der Waals surface area contributed by atoms with Crippen molar-refractivity contribution in [2.45, 2.75) is 19.3 Å². The Labute approximate surface area is 154 Å². The van der Waals surface area contributed by atoms with E-state index in [1.54, 1.807) is 0 Å². The van der Waals surface area contributed by atoms with Gasteiger partial charge in [-0.3, -0.25) is 4.98 Å². The Bertz CT molecular complexity index is 753.